The zero-order valence-corrected chi connectivity index (χ0v) is 16.8. The molecule has 0 saturated carbocycles. The van der Waals surface area contributed by atoms with E-state index in [9.17, 15) is 4.79 Å². The van der Waals surface area contributed by atoms with Crippen LogP contribution in [0, 0.1) is 12.8 Å². The largest absolute Gasteiger partial charge is 0.356 e. The summed E-state index contributed by atoms with van der Waals surface area (Å²) in [6.07, 6.45) is 1.52. The zero-order valence-electron chi connectivity index (χ0n) is 16.8. The fraction of sp³-hybridized carbons (Fsp3) is 0.391. The van der Waals surface area contributed by atoms with Gasteiger partial charge in [-0.05, 0) is 30.0 Å². The third-order valence-electron chi connectivity index (χ3n) is 5.30. The first kappa shape index (κ1) is 19.9. The highest BCUT2D eigenvalue weighted by Gasteiger charge is 2.29. The molecule has 2 aromatic rings. The average molecular weight is 379 g/mol. The van der Waals surface area contributed by atoms with E-state index >= 15 is 0 Å². The van der Waals surface area contributed by atoms with Crippen molar-refractivity contribution in [2.75, 3.05) is 26.7 Å². The van der Waals surface area contributed by atoms with E-state index in [0.717, 1.165) is 38.6 Å². The second-order valence-corrected chi connectivity index (χ2v) is 7.38. The van der Waals surface area contributed by atoms with E-state index in [1.54, 1.807) is 7.05 Å². The van der Waals surface area contributed by atoms with E-state index in [1.165, 1.54) is 16.7 Å². The van der Waals surface area contributed by atoms with Crippen LogP contribution in [-0.2, 0) is 17.8 Å². The van der Waals surface area contributed by atoms with Crippen LogP contribution < -0.4 is 10.6 Å². The molecule has 0 spiro atoms. The number of hydrogen-bond donors (Lipinski definition) is 2. The van der Waals surface area contributed by atoms with Crippen molar-refractivity contribution in [2.45, 2.75) is 26.3 Å². The van der Waals surface area contributed by atoms with Crippen LogP contribution in [0.4, 0.5) is 0 Å². The lowest BCUT2D eigenvalue weighted by Gasteiger charge is -2.18. The maximum absolute atomic E-state index is 12.3. The van der Waals surface area contributed by atoms with E-state index in [4.69, 9.17) is 0 Å². The first-order chi connectivity index (χ1) is 13.7. The van der Waals surface area contributed by atoms with Crippen molar-refractivity contribution in [3.63, 3.8) is 0 Å². The van der Waals surface area contributed by atoms with Crippen molar-refractivity contribution < 1.29 is 4.79 Å². The van der Waals surface area contributed by atoms with Gasteiger partial charge in [-0.1, -0.05) is 54.6 Å². The lowest BCUT2D eigenvalue weighted by molar-refractivity contribution is -0.127. The SMILES string of the molecule is CN=C(NCc1ccccc1C)NCC1CC(=O)N(CCc2ccccc2)C1. The molecular formula is C23H30N4O. The third-order valence-corrected chi connectivity index (χ3v) is 5.30. The van der Waals surface area contributed by atoms with Gasteiger partial charge in [0, 0.05) is 45.6 Å². The summed E-state index contributed by atoms with van der Waals surface area (Å²) in [4.78, 5) is 18.6. The smallest absolute Gasteiger partial charge is 0.223 e. The molecule has 1 aliphatic heterocycles. The van der Waals surface area contributed by atoms with E-state index < -0.39 is 0 Å². The molecule has 2 aromatic carbocycles. The van der Waals surface area contributed by atoms with E-state index in [-0.39, 0.29) is 5.91 Å². The van der Waals surface area contributed by atoms with Gasteiger partial charge in [-0.15, -0.1) is 0 Å². The maximum Gasteiger partial charge on any atom is 0.223 e. The Hall–Kier alpha value is -2.82. The first-order valence-electron chi connectivity index (χ1n) is 9.96. The second kappa shape index (κ2) is 9.93. The van der Waals surface area contributed by atoms with Crippen LogP contribution >= 0.6 is 0 Å². The Labute approximate surface area is 167 Å². The van der Waals surface area contributed by atoms with Crippen LogP contribution in [-0.4, -0.2) is 43.4 Å². The molecule has 0 aliphatic carbocycles. The predicted molar refractivity (Wildman–Crippen MR) is 114 cm³/mol. The van der Waals surface area contributed by atoms with Gasteiger partial charge in [-0.3, -0.25) is 9.79 Å². The number of aliphatic imine (C=N–C) groups is 1. The molecule has 28 heavy (non-hydrogen) atoms. The van der Waals surface area contributed by atoms with Gasteiger partial charge in [0.05, 0.1) is 0 Å². The molecule has 1 amide bonds. The van der Waals surface area contributed by atoms with Gasteiger partial charge in [0.15, 0.2) is 5.96 Å². The van der Waals surface area contributed by atoms with Gasteiger partial charge in [0.25, 0.3) is 0 Å². The van der Waals surface area contributed by atoms with Crippen LogP contribution in [0.2, 0.25) is 0 Å². The highest BCUT2D eigenvalue weighted by molar-refractivity contribution is 5.80. The molecule has 1 fully saturated rings. The van der Waals surface area contributed by atoms with Gasteiger partial charge in [0.2, 0.25) is 5.91 Å². The molecule has 1 saturated heterocycles. The fourth-order valence-corrected chi connectivity index (χ4v) is 3.56. The zero-order chi connectivity index (χ0) is 19.8. The Bertz CT molecular complexity index is 803. The highest BCUT2D eigenvalue weighted by atomic mass is 16.2. The summed E-state index contributed by atoms with van der Waals surface area (Å²) >= 11 is 0. The molecule has 5 heteroatoms. The minimum atomic E-state index is 0.255. The van der Waals surface area contributed by atoms with E-state index in [0.29, 0.717) is 12.3 Å². The van der Waals surface area contributed by atoms with Crippen molar-refractivity contribution in [3.8, 4) is 0 Å². The quantitative estimate of drug-likeness (QED) is 0.575. The standard InChI is InChI=1S/C23H30N4O/c1-18-8-6-7-11-21(18)16-26-23(24-2)25-15-20-14-22(28)27(17-20)13-12-19-9-4-3-5-10-19/h3-11,20H,12-17H2,1-2H3,(H2,24,25,26). The monoisotopic (exact) mass is 378 g/mol. The van der Waals surface area contributed by atoms with Crippen LogP contribution in [0.3, 0.4) is 0 Å². The van der Waals surface area contributed by atoms with E-state index in [2.05, 4.69) is 46.8 Å². The molecule has 3 rings (SSSR count). The predicted octanol–water partition coefficient (Wildman–Crippen LogP) is 2.75. The topological polar surface area (TPSA) is 56.7 Å². The van der Waals surface area contributed by atoms with Crippen LogP contribution in [0.1, 0.15) is 23.1 Å². The summed E-state index contributed by atoms with van der Waals surface area (Å²) in [7, 11) is 1.78. The third kappa shape index (κ3) is 5.59. The number of carbonyl (C=O) groups is 1. The van der Waals surface area contributed by atoms with Crippen molar-refractivity contribution >= 4 is 11.9 Å². The summed E-state index contributed by atoms with van der Waals surface area (Å²) in [6.45, 7) is 5.20. The number of rotatable bonds is 7. The lowest BCUT2D eigenvalue weighted by Crippen LogP contribution is -2.40. The molecule has 0 aromatic heterocycles. The van der Waals surface area contributed by atoms with Crippen molar-refractivity contribution in [2.24, 2.45) is 10.9 Å². The number of hydrogen-bond acceptors (Lipinski definition) is 2. The Balaban J connectivity index is 1.42. The molecule has 5 nitrogen and oxygen atoms in total. The van der Waals surface area contributed by atoms with E-state index in [1.807, 2.05) is 35.2 Å². The number of benzene rings is 2. The summed E-state index contributed by atoms with van der Waals surface area (Å²) in [5.41, 5.74) is 3.80. The molecule has 1 unspecified atom stereocenters. The number of amides is 1. The highest BCUT2D eigenvalue weighted by Crippen LogP contribution is 2.17. The molecule has 1 aliphatic rings. The summed E-state index contributed by atoms with van der Waals surface area (Å²) < 4.78 is 0. The first-order valence-corrected chi connectivity index (χ1v) is 9.96. The van der Waals surface area contributed by atoms with Crippen LogP contribution in [0.15, 0.2) is 59.6 Å². The molecular weight excluding hydrogens is 348 g/mol. The molecule has 1 atom stereocenters. The Morgan fingerprint density at radius 1 is 1.11 bits per heavy atom. The summed E-state index contributed by atoms with van der Waals surface area (Å²) in [5, 5.41) is 6.74. The van der Waals surface area contributed by atoms with Gasteiger partial charge in [-0.25, -0.2) is 0 Å². The molecule has 2 N–H and O–H groups in total. The normalized spacial score (nSPS) is 17.1. The van der Waals surface area contributed by atoms with Gasteiger partial charge in [0.1, 0.15) is 0 Å². The van der Waals surface area contributed by atoms with Gasteiger partial charge < -0.3 is 15.5 Å². The van der Waals surface area contributed by atoms with Crippen molar-refractivity contribution in [1.82, 2.24) is 15.5 Å². The minimum absolute atomic E-state index is 0.255. The van der Waals surface area contributed by atoms with Crippen LogP contribution in [0.5, 0.6) is 0 Å². The molecule has 0 bridgehead atoms. The number of aryl methyl sites for hydroxylation is 1. The number of nitrogens with one attached hydrogen (secondary N) is 2. The Morgan fingerprint density at radius 3 is 2.61 bits per heavy atom. The fourth-order valence-electron chi connectivity index (χ4n) is 3.56. The number of guanidine groups is 1. The van der Waals surface area contributed by atoms with Crippen molar-refractivity contribution in [1.29, 1.82) is 0 Å². The van der Waals surface area contributed by atoms with Gasteiger partial charge in [-0.2, -0.15) is 0 Å². The minimum Gasteiger partial charge on any atom is -0.356 e. The van der Waals surface area contributed by atoms with Crippen LogP contribution in [0.25, 0.3) is 0 Å². The Kier molecular flexibility index (Phi) is 7.06. The van der Waals surface area contributed by atoms with Crippen molar-refractivity contribution in [3.05, 3.63) is 71.3 Å². The van der Waals surface area contributed by atoms with Gasteiger partial charge >= 0.3 is 0 Å². The summed E-state index contributed by atoms with van der Waals surface area (Å²) in [6, 6.07) is 18.7. The Morgan fingerprint density at radius 2 is 1.86 bits per heavy atom. The molecule has 0 radical (unpaired) electrons. The maximum atomic E-state index is 12.3. The number of nitrogens with zero attached hydrogens (tertiary/aromatic N) is 2. The summed E-state index contributed by atoms with van der Waals surface area (Å²) in [5.74, 6) is 1.35. The second-order valence-electron chi connectivity index (χ2n) is 7.38. The number of likely N-dealkylation sites (tertiary alicyclic amines) is 1. The lowest BCUT2D eigenvalue weighted by atomic mass is 10.1. The molecule has 148 valence electrons. The molecule has 1 heterocycles. The average Bonchev–Trinajstić information content (AvgIpc) is 3.08. The number of carbonyl (C=O) groups excluding carboxylic acids is 1.